The Kier molecular flexibility index (Phi) is 5.00. The summed E-state index contributed by atoms with van der Waals surface area (Å²) in [7, 11) is 0. The molecule has 2 amide bonds. The highest BCUT2D eigenvalue weighted by Crippen LogP contribution is 2.30. The molecule has 0 radical (unpaired) electrons. The van der Waals surface area contributed by atoms with Crippen molar-refractivity contribution in [3.8, 4) is 11.5 Å². The number of rotatable bonds is 4. The average Bonchev–Trinajstić information content (AvgIpc) is 2.61. The van der Waals surface area contributed by atoms with Gasteiger partial charge in [0.2, 0.25) is 5.91 Å². The van der Waals surface area contributed by atoms with Gasteiger partial charge < -0.3 is 20.1 Å². The standard InChI is InChI=1S/C17H15BrN2O4/c18-12-3-1-2-4-13(12)20-16(21)10-19-17(22)11-5-6-14-15(9-11)24-8-7-23-14/h1-6,9H,7-8,10H2,(H,19,22)(H,20,21). The molecule has 3 rings (SSSR count). The summed E-state index contributed by atoms with van der Waals surface area (Å²) in [6, 6.07) is 12.2. The van der Waals surface area contributed by atoms with Crippen LogP contribution in [0.5, 0.6) is 11.5 Å². The number of para-hydroxylation sites is 1. The van der Waals surface area contributed by atoms with Crippen LogP contribution in [-0.4, -0.2) is 31.6 Å². The van der Waals surface area contributed by atoms with Gasteiger partial charge in [-0.1, -0.05) is 12.1 Å². The summed E-state index contributed by atoms with van der Waals surface area (Å²) in [6.07, 6.45) is 0. The molecule has 6 nitrogen and oxygen atoms in total. The lowest BCUT2D eigenvalue weighted by molar-refractivity contribution is -0.115. The molecule has 2 aromatic carbocycles. The number of halogens is 1. The Morgan fingerprint density at radius 3 is 2.58 bits per heavy atom. The van der Waals surface area contributed by atoms with Crippen molar-refractivity contribution in [2.75, 3.05) is 25.1 Å². The first-order chi connectivity index (χ1) is 11.6. The fraction of sp³-hybridized carbons (Fsp3) is 0.176. The van der Waals surface area contributed by atoms with Crippen molar-refractivity contribution < 1.29 is 19.1 Å². The van der Waals surface area contributed by atoms with Crippen molar-refractivity contribution in [1.29, 1.82) is 0 Å². The number of benzene rings is 2. The Balaban J connectivity index is 1.57. The van der Waals surface area contributed by atoms with E-state index in [0.29, 0.717) is 36.0 Å². The highest BCUT2D eigenvalue weighted by Gasteiger charge is 2.15. The van der Waals surface area contributed by atoms with Gasteiger partial charge in [0.15, 0.2) is 11.5 Å². The Labute approximate surface area is 147 Å². The number of ether oxygens (including phenoxy) is 2. The molecule has 1 heterocycles. The molecule has 7 heteroatoms. The van der Waals surface area contributed by atoms with Crippen molar-refractivity contribution in [1.82, 2.24) is 5.32 Å². The van der Waals surface area contributed by atoms with Gasteiger partial charge in [0, 0.05) is 10.0 Å². The molecular formula is C17H15BrN2O4. The number of fused-ring (bicyclic) bond motifs is 1. The number of amides is 2. The normalized spacial score (nSPS) is 12.4. The second-order valence-electron chi connectivity index (χ2n) is 5.07. The van der Waals surface area contributed by atoms with Crippen LogP contribution in [-0.2, 0) is 4.79 Å². The molecule has 124 valence electrons. The topological polar surface area (TPSA) is 76.7 Å². The molecule has 0 bridgehead atoms. The minimum atomic E-state index is -0.353. The summed E-state index contributed by atoms with van der Waals surface area (Å²) < 4.78 is 11.6. The van der Waals surface area contributed by atoms with Gasteiger partial charge in [-0.2, -0.15) is 0 Å². The molecule has 0 aromatic heterocycles. The Morgan fingerprint density at radius 1 is 1.04 bits per heavy atom. The molecule has 0 fully saturated rings. The Hall–Kier alpha value is -2.54. The molecule has 0 atom stereocenters. The maximum atomic E-state index is 12.2. The van der Waals surface area contributed by atoms with E-state index in [9.17, 15) is 9.59 Å². The van der Waals surface area contributed by atoms with Crippen molar-refractivity contribution in [3.63, 3.8) is 0 Å². The van der Waals surface area contributed by atoms with Crippen molar-refractivity contribution >= 4 is 33.4 Å². The minimum absolute atomic E-state index is 0.130. The minimum Gasteiger partial charge on any atom is -0.486 e. The molecule has 0 spiro atoms. The fourth-order valence-corrected chi connectivity index (χ4v) is 2.59. The number of carbonyl (C=O) groups excluding carboxylic acids is 2. The SMILES string of the molecule is O=C(CNC(=O)c1ccc2c(c1)OCCO2)Nc1ccccc1Br. The molecular weight excluding hydrogens is 376 g/mol. The second-order valence-corrected chi connectivity index (χ2v) is 5.92. The molecule has 24 heavy (non-hydrogen) atoms. The van der Waals surface area contributed by atoms with Crippen LogP contribution in [0.25, 0.3) is 0 Å². The van der Waals surface area contributed by atoms with Gasteiger partial charge >= 0.3 is 0 Å². The first kappa shape index (κ1) is 16.3. The zero-order valence-corrected chi connectivity index (χ0v) is 14.3. The fourth-order valence-electron chi connectivity index (χ4n) is 2.20. The van der Waals surface area contributed by atoms with E-state index in [2.05, 4.69) is 26.6 Å². The quantitative estimate of drug-likeness (QED) is 0.840. The number of nitrogens with one attached hydrogen (secondary N) is 2. The van der Waals surface area contributed by atoms with E-state index in [1.807, 2.05) is 18.2 Å². The van der Waals surface area contributed by atoms with Crippen molar-refractivity contribution in [2.45, 2.75) is 0 Å². The molecule has 1 aliphatic heterocycles. The monoisotopic (exact) mass is 390 g/mol. The van der Waals surface area contributed by atoms with Crippen LogP contribution in [0.15, 0.2) is 46.9 Å². The first-order valence-corrected chi connectivity index (χ1v) is 8.15. The van der Waals surface area contributed by atoms with Gasteiger partial charge in [0.05, 0.1) is 12.2 Å². The molecule has 1 aliphatic rings. The summed E-state index contributed by atoms with van der Waals surface area (Å²) in [5.74, 6) is 0.484. The predicted molar refractivity (Wildman–Crippen MR) is 92.5 cm³/mol. The summed E-state index contributed by atoms with van der Waals surface area (Å²) in [6.45, 7) is 0.814. The third-order valence-electron chi connectivity index (χ3n) is 3.36. The molecule has 2 N–H and O–H groups in total. The van der Waals surface area contributed by atoms with E-state index in [1.165, 1.54) is 0 Å². The van der Waals surface area contributed by atoms with Crippen LogP contribution in [0.3, 0.4) is 0 Å². The Bertz CT molecular complexity index is 779. The van der Waals surface area contributed by atoms with Crippen LogP contribution in [0.2, 0.25) is 0 Å². The number of hydrogen-bond donors (Lipinski definition) is 2. The largest absolute Gasteiger partial charge is 0.486 e. The van der Waals surface area contributed by atoms with Gasteiger partial charge in [-0.25, -0.2) is 0 Å². The predicted octanol–water partition coefficient (Wildman–Crippen LogP) is 2.59. The molecule has 0 saturated heterocycles. The smallest absolute Gasteiger partial charge is 0.251 e. The zero-order chi connectivity index (χ0) is 16.9. The average molecular weight is 391 g/mol. The van der Waals surface area contributed by atoms with E-state index < -0.39 is 0 Å². The summed E-state index contributed by atoms with van der Waals surface area (Å²) in [5, 5.41) is 5.30. The third kappa shape index (κ3) is 3.86. The molecule has 0 saturated carbocycles. The lowest BCUT2D eigenvalue weighted by Gasteiger charge is -2.18. The number of anilines is 1. The highest BCUT2D eigenvalue weighted by atomic mass is 79.9. The van der Waals surface area contributed by atoms with Crippen molar-refractivity contribution in [3.05, 3.63) is 52.5 Å². The highest BCUT2D eigenvalue weighted by molar-refractivity contribution is 9.10. The van der Waals surface area contributed by atoms with Crippen LogP contribution in [0, 0.1) is 0 Å². The summed E-state index contributed by atoms with van der Waals surface area (Å²) in [5.41, 5.74) is 1.06. The van der Waals surface area contributed by atoms with Gasteiger partial charge in [-0.3, -0.25) is 9.59 Å². The first-order valence-electron chi connectivity index (χ1n) is 7.36. The second kappa shape index (κ2) is 7.35. The van der Waals surface area contributed by atoms with E-state index in [0.717, 1.165) is 4.47 Å². The summed E-state index contributed by atoms with van der Waals surface area (Å²) in [4.78, 5) is 24.1. The van der Waals surface area contributed by atoms with Gasteiger partial charge in [0.1, 0.15) is 13.2 Å². The Morgan fingerprint density at radius 2 is 1.79 bits per heavy atom. The van der Waals surface area contributed by atoms with E-state index in [1.54, 1.807) is 24.3 Å². The van der Waals surface area contributed by atoms with E-state index >= 15 is 0 Å². The maximum Gasteiger partial charge on any atom is 0.251 e. The van der Waals surface area contributed by atoms with Crippen LogP contribution in [0.1, 0.15) is 10.4 Å². The van der Waals surface area contributed by atoms with Crippen LogP contribution < -0.4 is 20.1 Å². The lowest BCUT2D eigenvalue weighted by atomic mass is 10.2. The number of carbonyl (C=O) groups is 2. The van der Waals surface area contributed by atoms with Crippen LogP contribution in [0.4, 0.5) is 5.69 Å². The zero-order valence-electron chi connectivity index (χ0n) is 12.7. The summed E-state index contributed by atoms with van der Waals surface area (Å²) >= 11 is 3.35. The molecule has 0 aliphatic carbocycles. The molecule has 0 unspecified atom stereocenters. The van der Waals surface area contributed by atoms with E-state index in [4.69, 9.17) is 9.47 Å². The molecule has 2 aromatic rings. The lowest BCUT2D eigenvalue weighted by Crippen LogP contribution is -2.33. The van der Waals surface area contributed by atoms with E-state index in [-0.39, 0.29) is 18.4 Å². The van der Waals surface area contributed by atoms with Gasteiger partial charge in [-0.05, 0) is 46.3 Å². The van der Waals surface area contributed by atoms with Crippen molar-refractivity contribution in [2.24, 2.45) is 0 Å². The maximum absolute atomic E-state index is 12.2. The van der Waals surface area contributed by atoms with Gasteiger partial charge in [-0.15, -0.1) is 0 Å². The van der Waals surface area contributed by atoms with Crippen LogP contribution >= 0.6 is 15.9 Å². The number of hydrogen-bond acceptors (Lipinski definition) is 4. The third-order valence-corrected chi connectivity index (χ3v) is 4.05. The van der Waals surface area contributed by atoms with Gasteiger partial charge in [0.25, 0.3) is 5.91 Å².